The van der Waals surface area contributed by atoms with Crippen molar-refractivity contribution in [3.8, 4) is 5.75 Å². The molecule has 6 nitrogen and oxygen atoms in total. The fraction of sp³-hybridized carbons (Fsp3) is 0.316. The number of carbonyl (C=O) groups is 2. The quantitative estimate of drug-likeness (QED) is 0.801. The monoisotopic (exact) mass is 340 g/mol. The molecule has 1 aromatic heterocycles. The number of aromatic nitrogens is 1. The number of benzene rings is 1. The highest BCUT2D eigenvalue weighted by atomic mass is 16.5. The second-order valence-electron chi connectivity index (χ2n) is 5.75. The maximum atomic E-state index is 13.0. The van der Waals surface area contributed by atoms with Crippen LogP contribution in [-0.4, -0.2) is 36.6 Å². The van der Waals surface area contributed by atoms with Crippen LogP contribution in [0, 0.1) is 0 Å². The first kappa shape index (κ1) is 17.0. The predicted octanol–water partition coefficient (Wildman–Crippen LogP) is 2.79. The Morgan fingerprint density at radius 1 is 1.36 bits per heavy atom. The van der Waals surface area contributed by atoms with E-state index in [-0.39, 0.29) is 11.8 Å². The third-order valence-corrected chi connectivity index (χ3v) is 4.15. The molecule has 0 radical (unpaired) electrons. The first-order valence-electron chi connectivity index (χ1n) is 8.27. The van der Waals surface area contributed by atoms with Gasteiger partial charge in [-0.05, 0) is 43.7 Å². The highest BCUT2D eigenvalue weighted by Gasteiger charge is 2.29. The summed E-state index contributed by atoms with van der Waals surface area (Å²) in [6, 6.07) is 8.70. The van der Waals surface area contributed by atoms with Crippen LogP contribution < -0.4 is 9.64 Å². The molecule has 3 rings (SSSR count). The number of amides is 1. The highest BCUT2D eigenvalue weighted by Crippen LogP contribution is 2.34. The molecular formula is C19H20N2O4. The van der Waals surface area contributed by atoms with Crippen LogP contribution in [0.5, 0.6) is 5.75 Å². The Morgan fingerprint density at radius 2 is 2.20 bits per heavy atom. The van der Waals surface area contributed by atoms with Crippen molar-refractivity contribution in [2.75, 3.05) is 24.7 Å². The fourth-order valence-corrected chi connectivity index (χ4v) is 2.80. The molecule has 130 valence electrons. The minimum Gasteiger partial charge on any atom is -0.490 e. The van der Waals surface area contributed by atoms with E-state index in [1.165, 1.54) is 0 Å². The summed E-state index contributed by atoms with van der Waals surface area (Å²) in [5.41, 5.74) is 1.84. The average Bonchev–Trinajstić information content (AvgIpc) is 2.66. The molecule has 0 spiro atoms. The maximum absolute atomic E-state index is 13.0. The smallest absolute Gasteiger partial charge is 0.338 e. The Morgan fingerprint density at radius 3 is 2.92 bits per heavy atom. The van der Waals surface area contributed by atoms with Crippen molar-refractivity contribution in [1.29, 1.82) is 0 Å². The molecular weight excluding hydrogens is 320 g/mol. The van der Waals surface area contributed by atoms with Gasteiger partial charge in [-0.25, -0.2) is 4.79 Å². The number of ether oxygens (including phenoxy) is 2. The third-order valence-electron chi connectivity index (χ3n) is 4.15. The van der Waals surface area contributed by atoms with E-state index in [0.717, 1.165) is 5.56 Å². The van der Waals surface area contributed by atoms with Gasteiger partial charge in [0, 0.05) is 12.4 Å². The van der Waals surface area contributed by atoms with Crippen LogP contribution in [0.15, 0.2) is 42.7 Å². The van der Waals surface area contributed by atoms with Gasteiger partial charge >= 0.3 is 5.97 Å². The number of nitrogens with zero attached hydrogens (tertiary/aromatic N) is 2. The van der Waals surface area contributed by atoms with Gasteiger partial charge in [0.1, 0.15) is 12.4 Å². The highest BCUT2D eigenvalue weighted by molar-refractivity contribution is 6.01. The van der Waals surface area contributed by atoms with E-state index >= 15 is 0 Å². The van der Waals surface area contributed by atoms with Crippen LogP contribution in [0.2, 0.25) is 0 Å². The van der Waals surface area contributed by atoms with E-state index < -0.39 is 5.97 Å². The molecule has 1 amide bonds. The summed E-state index contributed by atoms with van der Waals surface area (Å²) < 4.78 is 10.7. The lowest BCUT2D eigenvalue weighted by atomic mass is 10.0. The largest absolute Gasteiger partial charge is 0.490 e. The van der Waals surface area contributed by atoms with E-state index in [0.29, 0.717) is 36.8 Å². The summed E-state index contributed by atoms with van der Waals surface area (Å²) in [5, 5.41) is 0. The number of rotatable bonds is 4. The minimum absolute atomic E-state index is 0.0569. The van der Waals surface area contributed by atoms with Gasteiger partial charge in [0.05, 0.1) is 30.3 Å². The van der Waals surface area contributed by atoms with Crippen LogP contribution in [0.25, 0.3) is 0 Å². The second kappa shape index (κ2) is 7.34. The zero-order valence-electron chi connectivity index (χ0n) is 14.3. The molecule has 0 bridgehead atoms. The molecule has 1 aromatic carbocycles. The van der Waals surface area contributed by atoms with Crippen molar-refractivity contribution >= 4 is 17.6 Å². The topological polar surface area (TPSA) is 68.7 Å². The number of anilines is 1. The maximum Gasteiger partial charge on any atom is 0.338 e. The molecule has 2 heterocycles. The van der Waals surface area contributed by atoms with Gasteiger partial charge in [-0.3, -0.25) is 9.78 Å². The van der Waals surface area contributed by atoms with Crippen LogP contribution in [0.4, 0.5) is 5.69 Å². The summed E-state index contributed by atoms with van der Waals surface area (Å²) in [5.74, 6) is -0.223. The molecule has 25 heavy (non-hydrogen) atoms. The van der Waals surface area contributed by atoms with Gasteiger partial charge in [0.15, 0.2) is 0 Å². The summed E-state index contributed by atoms with van der Waals surface area (Å²) >= 11 is 0. The molecule has 0 saturated carbocycles. The Bertz CT molecular complexity index is 776. The van der Waals surface area contributed by atoms with Crippen molar-refractivity contribution in [2.24, 2.45) is 0 Å². The molecule has 1 atom stereocenters. The Labute approximate surface area is 146 Å². The Balaban J connectivity index is 1.91. The first-order valence-corrected chi connectivity index (χ1v) is 8.27. The number of pyridine rings is 1. The molecule has 0 aliphatic carbocycles. The Kier molecular flexibility index (Phi) is 4.97. The third kappa shape index (κ3) is 3.47. The van der Waals surface area contributed by atoms with E-state index in [4.69, 9.17) is 9.47 Å². The molecule has 6 heteroatoms. The van der Waals surface area contributed by atoms with Crippen molar-refractivity contribution in [1.82, 2.24) is 4.98 Å². The average molecular weight is 340 g/mol. The Hall–Kier alpha value is -2.89. The summed E-state index contributed by atoms with van der Waals surface area (Å²) in [4.78, 5) is 30.7. The van der Waals surface area contributed by atoms with Gasteiger partial charge in [-0.1, -0.05) is 6.07 Å². The normalized spacial score (nSPS) is 14.2. The number of hydrogen-bond donors (Lipinski definition) is 0. The molecule has 1 aliphatic heterocycles. The van der Waals surface area contributed by atoms with Gasteiger partial charge in [0.25, 0.3) is 0 Å². The number of fused-ring (bicyclic) bond motifs is 1. The van der Waals surface area contributed by atoms with E-state index in [1.807, 2.05) is 19.1 Å². The summed E-state index contributed by atoms with van der Waals surface area (Å²) in [6.07, 6.45) is 3.37. The molecule has 0 unspecified atom stereocenters. The van der Waals surface area contributed by atoms with Crippen LogP contribution in [0.1, 0.15) is 35.7 Å². The van der Waals surface area contributed by atoms with Crippen molar-refractivity contribution in [2.45, 2.75) is 19.8 Å². The van der Waals surface area contributed by atoms with Crippen molar-refractivity contribution in [3.63, 3.8) is 0 Å². The second-order valence-corrected chi connectivity index (χ2v) is 5.75. The SMILES string of the molecule is CCOC(=O)c1ccc2c(c1)N(C(=O)[C@H](C)c1cccnc1)CCO2. The summed E-state index contributed by atoms with van der Waals surface area (Å²) in [7, 11) is 0. The van der Waals surface area contributed by atoms with E-state index in [1.54, 1.807) is 42.4 Å². The first-order chi connectivity index (χ1) is 12.1. The number of carbonyl (C=O) groups excluding carboxylic acids is 2. The van der Waals surface area contributed by atoms with Gasteiger partial charge in [-0.2, -0.15) is 0 Å². The van der Waals surface area contributed by atoms with Gasteiger partial charge in [0.2, 0.25) is 5.91 Å². The predicted molar refractivity (Wildman–Crippen MR) is 92.9 cm³/mol. The minimum atomic E-state index is -0.413. The van der Waals surface area contributed by atoms with Crippen LogP contribution in [0.3, 0.4) is 0 Å². The number of hydrogen-bond acceptors (Lipinski definition) is 5. The molecule has 0 fully saturated rings. The lowest BCUT2D eigenvalue weighted by Crippen LogP contribution is -2.40. The zero-order chi connectivity index (χ0) is 17.8. The lowest BCUT2D eigenvalue weighted by molar-refractivity contribution is -0.120. The molecule has 2 aromatic rings. The standard InChI is InChI=1S/C19H20N2O4/c1-3-24-19(23)14-6-7-17-16(11-14)21(9-10-25-17)18(22)13(2)15-5-4-8-20-12-15/h4-8,11-13H,3,9-10H2,1-2H3/t13-/m1/s1. The van der Waals surface area contributed by atoms with Crippen LogP contribution in [-0.2, 0) is 9.53 Å². The summed E-state index contributed by atoms with van der Waals surface area (Å²) in [6.45, 7) is 4.75. The van der Waals surface area contributed by atoms with Crippen LogP contribution >= 0.6 is 0 Å². The zero-order valence-corrected chi connectivity index (χ0v) is 14.3. The molecule has 1 aliphatic rings. The fourth-order valence-electron chi connectivity index (χ4n) is 2.80. The lowest BCUT2D eigenvalue weighted by Gasteiger charge is -2.31. The molecule has 0 saturated heterocycles. The van der Waals surface area contributed by atoms with E-state index in [2.05, 4.69) is 4.98 Å². The van der Waals surface area contributed by atoms with Crippen molar-refractivity contribution in [3.05, 3.63) is 53.9 Å². The van der Waals surface area contributed by atoms with Crippen molar-refractivity contribution < 1.29 is 19.1 Å². The molecule has 0 N–H and O–H groups in total. The number of esters is 1. The van der Waals surface area contributed by atoms with Gasteiger partial charge < -0.3 is 14.4 Å². The van der Waals surface area contributed by atoms with E-state index in [9.17, 15) is 9.59 Å². The van der Waals surface area contributed by atoms with Gasteiger partial charge in [-0.15, -0.1) is 0 Å².